The maximum atomic E-state index is 5.34. The van der Waals surface area contributed by atoms with Crippen LogP contribution in [-0.4, -0.2) is 14.5 Å². The molecular formula is C50H29N3S2. The number of hydrogen-bond acceptors (Lipinski definition) is 4. The molecule has 5 heteroatoms. The van der Waals surface area contributed by atoms with Gasteiger partial charge in [-0.05, 0) is 64.4 Å². The third kappa shape index (κ3) is 4.67. The highest BCUT2D eigenvalue weighted by molar-refractivity contribution is 7.26. The van der Waals surface area contributed by atoms with Crippen molar-refractivity contribution in [3.63, 3.8) is 0 Å². The Morgan fingerprint density at radius 2 is 1.15 bits per heavy atom. The molecule has 0 aliphatic carbocycles. The van der Waals surface area contributed by atoms with Crippen LogP contribution >= 0.6 is 22.7 Å². The van der Waals surface area contributed by atoms with E-state index in [0.717, 1.165) is 38.5 Å². The first-order valence-corrected chi connectivity index (χ1v) is 20.1. The second-order valence-electron chi connectivity index (χ2n) is 14.1. The molecule has 55 heavy (non-hydrogen) atoms. The van der Waals surface area contributed by atoms with E-state index in [2.05, 4.69) is 180 Å². The molecule has 0 radical (unpaired) electrons. The Bertz CT molecular complexity index is 3480. The Morgan fingerprint density at radius 3 is 2.02 bits per heavy atom. The smallest absolute Gasteiger partial charge is 0.161 e. The number of nitrogens with zero attached hydrogens (tertiary/aromatic N) is 3. The maximum absolute atomic E-state index is 5.34. The Labute approximate surface area is 324 Å². The Morgan fingerprint density at radius 1 is 0.418 bits per heavy atom. The number of thiophene rings is 2. The molecule has 0 aliphatic heterocycles. The third-order valence-corrected chi connectivity index (χ3v) is 13.4. The van der Waals surface area contributed by atoms with E-state index in [9.17, 15) is 0 Å². The topological polar surface area (TPSA) is 30.7 Å². The first-order valence-electron chi connectivity index (χ1n) is 18.5. The van der Waals surface area contributed by atoms with Gasteiger partial charge in [-0.15, -0.1) is 22.7 Å². The molecule has 0 N–H and O–H groups in total. The molecule has 3 nitrogen and oxygen atoms in total. The summed E-state index contributed by atoms with van der Waals surface area (Å²) in [6.07, 6.45) is 0. The lowest BCUT2D eigenvalue weighted by molar-refractivity contribution is 1.19. The fourth-order valence-electron chi connectivity index (χ4n) is 8.48. The van der Waals surface area contributed by atoms with Gasteiger partial charge in [-0.2, -0.15) is 0 Å². The summed E-state index contributed by atoms with van der Waals surface area (Å²) in [7, 11) is 0. The summed E-state index contributed by atoms with van der Waals surface area (Å²) in [6, 6.07) is 63.5. The van der Waals surface area contributed by atoms with Gasteiger partial charge >= 0.3 is 0 Å². The van der Waals surface area contributed by atoms with Crippen LogP contribution in [0.3, 0.4) is 0 Å². The molecule has 0 spiro atoms. The number of hydrogen-bond donors (Lipinski definition) is 0. The van der Waals surface area contributed by atoms with E-state index in [0.29, 0.717) is 0 Å². The van der Waals surface area contributed by atoms with E-state index in [1.165, 1.54) is 74.0 Å². The van der Waals surface area contributed by atoms with E-state index in [4.69, 9.17) is 9.97 Å². The molecule has 0 bridgehead atoms. The molecule has 4 aromatic heterocycles. The van der Waals surface area contributed by atoms with Crippen molar-refractivity contribution in [3.05, 3.63) is 176 Å². The van der Waals surface area contributed by atoms with Crippen LogP contribution in [-0.2, 0) is 0 Å². The predicted octanol–water partition coefficient (Wildman–Crippen LogP) is 14.5. The highest BCUT2D eigenvalue weighted by Gasteiger charge is 2.20. The van der Waals surface area contributed by atoms with Crippen molar-refractivity contribution in [1.29, 1.82) is 0 Å². The fraction of sp³-hybridized carbons (Fsp3) is 0. The molecule has 0 fully saturated rings. The van der Waals surface area contributed by atoms with Crippen LogP contribution in [0, 0.1) is 0 Å². The number of aromatic nitrogens is 3. The zero-order valence-corrected chi connectivity index (χ0v) is 31.0. The lowest BCUT2D eigenvalue weighted by atomic mass is 10.0. The number of benzene rings is 8. The first-order chi connectivity index (χ1) is 27.3. The van der Waals surface area contributed by atoms with Gasteiger partial charge in [-0.1, -0.05) is 133 Å². The van der Waals surface area contributed by atoms with E-state index in [1.807, 2.05) is 11.3 Å². The lowest BCUT2D eigenvalue weighted by Gasteiger charge is -2.09. The minimum Gasteiger partial charge on any atom is -0.309 e. The fourth-order valence-corrected chi connectivity index (χ4v) is 10.9. The SMILES string of the molecule is c1ccc(-c2ccc3c(c2)c2c4ccccc4ccc2n3-c2ccc3c(c2)sc2c(-c4nc(-c5ccccc5)c5sc6ccccc6c5n4)cccc23)cc1. The standard InChI is InChI=1S/C50H29N3S2/c1-3-12-30(13-4-1)33-23-26-41-40(28-33)45-35-17-8-7-14-31(35)22-27-42(45)53(41)34-24-25-36-37-19-11-20-39(48(37)55-44(36)29-34)50-51-46(32-15-5-2-6-16-32)49-47(52-50)38-18-9-10-21-43(38)54-49/h1-29H. The highest BCUT2D eigenvalue weighted by atomic mass is 32.1. The van der Waals surface area contributed by atoms with Gasteiger partial charge in [-0.25, -0.2) is 9.97 Å². The van der Waals surface area contributed by atoms with E-state index < -0.39 is 0 Å². The van der Waals surface area contributed by atoms with Crippen LogP contribution in [0.4, 0.5) is 0 Å². The van der Waals surface area contributed by atoms with Crippen LogP contribution in [0.15, 0.2) is 176 Å². The quantitative estimate of drug-likeness (QED) is 0.180. The van der Waals surface area contributed by atoms with Gasteiger partial charge in [0.2, 0.25) is 0 Å². The van der Waals surface area contributed by atoms with Crippen molar-refractivity contribution in [2.75, 3.05) is 0 Å². The summed E-state index contributed by atoms with van der Waals surface area (Å²) in [6.45, 7) is 0. The normalized spacial score (nSPS) is 12.0. The van der Waals surface area contributed by atoms with Crippen LogP contribution in [0.1, 0.15) is 0 Å². The number of rotatable bonds is 4. The van der Waals surface area contributed by atoms with Crippen molar-refractivity contribution in [2.45, 2.75) is 0 Å². The van der Waals surface area contributed by atoms with Gasteiger partial charge in [0.05, 0.1) is 26.9 Å². The highest BCUT2D eigenvalue weighted by Crippen LogP contribution is 2.45. The molecular weight excluding hydrogens is 707 g/mol. The Kier molecular flexibility index (Phi) is 6.67. The van der Waals surface area contributed by atoms with Gasteiger partial charge in [0.15, 0.2) is 5.82 Å². The summed E-state index contributed by atoms with van der Waals surface area (Å²) in [5.41, 5.74) is 10.2. The largest absolute Gasteiger partial charge is 0.309 e. The van der Waals surface area contributed by atoms with Gasteiger partial charge in [0.25, 0.3) is 0 Å². The minimum absolute atomic E-state index is 0.760. The van der Waals surface area contributed by atoms with Gasteiger partial charge in [-0.3, -0.25) is 0 Å². The molecule has 0 aliphatic rings. The summed E-state index contributed by atoms with van der Waals surface area (Å²) in [4.78, 5) is 10.7. The molecule has 12 rings (SSSR count). The number of fused-ring (bicyclic) bond motifs is 11. The molecule has 4 heterocycles. The van der Waals surface area contributed by atoms with Crippen LogP contribution in [0.5, 0.6) is 0 Å². The minimum atomic E-state index is 0.760. The molecule has 0 saturated carbocycles. The third-order valence-electron chi connectivity index (χ3n) is 11.0. The average molecular weight is 736 g/mol. The predicted molar refractivity (Wildman–Crippen MR) is 236 cm³/mol. The molecule has 8 aromatic carbocycles. The van der Waals surface area contributed by atoms with Crippen molar-refractivity contribution >= 4 is 95.7 Å². The monoisotopic (exact) mass is 735 g/mol. The summed E-state index contributed by atoms with van der Waals surface area (Å²) >= 11 is 3.60. The molecule has 0 atom stereocenters. The van der Waals surface area contributed by atoms with E-state index in [-0.39, 0.29) is 0 Å². The zero-order valence-electron chi connectivity index (χ0n) is 29.4. The van der Waals surface area contributed by atoms with Crippen molar-refractivity contribution < 1.29 is 0 Å². The van der Waals surface area contributed by atoms with Crippen LogP contribution in [0.2, 0.25) is 0 Å². The van der Waals surface area contributed by atoms with Crippen molar-refractivity contribution in [2.24, 2.45) is 0 Å². The first kappa shape index (κ1) is 30.8. The maximum Gasteiger partial charge on any atom is 0.161 e. The summed E-state index contributed by atoms with van der Waals surface area (Å²) < 4.78 is 7.24. The summed E-state index contributed by atoms with van der Waals surface area (Å²) in [5, 5.41) is 8.70. The van der Waals surface area contributed by atoms with E-state index >= 15 is 0 Å². The van der Waals surface area contributed by atoms with Crippen LogP contribution in [0.25, 0.3) is 113 Å². The Hall–Kier alpha value is -6.66. The van der Waals surface area contributed by atoms with Gasteiger partial charge < -0.3 is 4.57 Å². The average Bonchev–Trinajstić information content (AvgIpc) is 3.93. The second kappa shape index (κ2) is 11.9. The van der Waals surface area contributed by atoms with Crippen LogP contribution < -0.4 is 0 Å². The molecule has 0 unspecified atom stereocenters. The molecule has 0 saturated heterocycles. The van der Waals surface area contributed by atoms with Crippen molar-refractivity contribution in [1.82, 2.24) is 14.5 Å². The lowest BCUT2D eigenvalue weighted by Crippen LogP contribution is -1.93. The van der Waals surface area contributed by atoms with Gasteiger partial charge in [0, 0.05) is 57.8 Å². The Balaban J connectivity index is 1.08. The summed E-state index contributed by atoms with van der Waals surface area (Å²) in [5.74, 6) is 0.760. The van der Waals surface area contributed by atoms with Gasteiger partial charge in [0.1, 0.15) is 0 Å². The zero-order chi connectivity index (χ0) is 36.0. The second-order valence-corrected chi connectivity index (χ2v) is 16.2. The molecule has 256 valence electrons. The van der Waals surface area contributed by atoms with Crippen molar-refractivity contribution in [3.8, 4) is 39.5 Å². The molecule has 0 amide bonds. The molecule has 12 aromatic rings. The van der Waals surface area contributed by atoms with E-state index in [1.54, 1.807) is 11.3 Å².